The van der Waals surface area contributed by atoms with E-state index < -0.39 is 10.0 Å². The topological polar surface area (TPSA) is 87.2 Å². The number of carbonyl (C=O) groups is 2. The highest BCUT2D eigenvalue weighted by molar-refractivity contribution is 7.89. The molecule has 1 aliphatic carbocycles. The van der Waals surface area contributed by atoms with Crippen molar-refractivity contribution in [2.45, 2.75) is 62.0 Å². The van der Waals surface area contributed by atoms with Crippen molar-refractivity contribution in [2.75, 3.05) is 39.8 Å². The summed E-state index contributed by atoms with van der Waals surface area (Å²) in [7, 11) is -2.02. The molecule has 176 valence electrons. The number of hydrogen-bond donors (Lipinski definition) is 0. The lowest BCUT2D eigenvalue weighted by Crippen LogP contribution is -2.52. The van der Waals surface area contributed by atoms with Crippen LogP contribution in [0.1, 0.15) is 55.3 Å². The summed E-state index contributed by atoms with van der Waals surface area (Å²) in [5.74, 6) is -0.194. The number of rotatable bonds is 5. The molecule has 0 spiro atoms. The van der Waals surface area contributed by atoms with E-state index in [2.05, 4.69) is 0 Å². The van der Waals surface area contributed by atoms with Crippen LogP contribution in [0.25, 0.3) is 0 Å². The molecule has 0 aromatic heterocycles. The van der Waals surface area contributed by atoms with Gasteiger partial charge in [0, 0.05) is 51.4 Å². The van der Waals surface area contributed by atoms with Gasteiger partial charge in [0.2, 0.25) is 10.0 Å². The molecule has 0 radical (unpaired) electrons. The first-order chi connectivity index (χ1) is 15.4. The van der Waals surface area contributed by atoms with Gasteiger partial charge < -0.3 is 14.5 Å². The summed E-state index contributed by atoms with van der Waals surface area (Å²) in [6.45, 7) is 2.41. The van der Waals surface area contributed by atoms with Gasteiger partial charge in [-0.1, -0.05) is 25.3 Å². The third kappa shape index (κ3) is 4.84. The monoisotopic (exact) mass is 463 g/mol. The summed E-state index contributed by atoms with van der Waals surface area (Å²) in [4.78, 5) is 29.2. The average Bonchev–Trinajstić information content (AvgIpc) is 3.38. The Hall–Kier alpha value is -1.97. The molecule has 1 saturated carbocycles. The molecule has 1 aromatic carbocycles. The van der Waals surface area contributed by atoms with Crippen molar-refractivity contribution < 1.29 is 22.7 Å². The third-order valence-corrected chi connectivity index (χ3v) is 8.84. The molecular formula is C23H33N3O5S. The normalized spacial score (nSPS) is 23.0. The van der Waals surface area contributed by atoms with E-state index in [0.717, 1.165) is 44.9 Å². The van der Waals surface area contributed by atoms with E-state index in [9.17, 15) is 18.0 Å². The first-order valence-corrected chi connectivity index (χ1v) is 13.1. The smallest absolute Gasteiger partial charge is 0.254 e. The van der Waals surface area contributed by atoms with E-state index in [4.69, 9.17) is 4.74 Å². The van der Waals surface area contributed by atoms with Crippen molar-refractivity contribution in [3.8, 4) is 0 Å². The van der Waals surface area contributed by atoms with Gasteiger partial charge in [0.25, 0.3) is 11.8 Å². The molecule has 2 saturated heterocycles. The minimum Gasteiger partial charge on any atom is -0.368 e. The number of amides is 2. The lowest BCUT2D eigenvalue weighted by molar-refractivity contribution is -0.142. The first kappa shape index (κ1) is 23.2. The van der Waals surface area contributed by atoms with Crippen LogP contribution in [0.4, 0.5) is 0 Å². The van der Waals surface area contributed by atoms with Gasteiger partial charge in [-0.2, -0.15) is 4.31 Å². The zero-order valence-electron chi connectivity index (χ0n) is 18.7. The molecule has 1 atom stereocenters. The van der Waals surface area contributed by atoms with Crippen LogP contribution in [0.2, 0.25) is 0 Å². The summed E-state index contributed by atoms with van der Waals surface area (Å²) in [5, 5.41) is 0. The number of carbonyl (C=O) groups excluding carboxylic acids is 2. The van der Waals surface area contributed by atoms with Gasteiger partial charge in [-0.3, -0.25) is 9.59 Å². The first-order valence-electron chi connectivity index (χ1n) is 11.7. The number of nitrogens with zero attached hydrogens (tertiary/aromatic N) is 3. The molecule has 0 bridgehead atoms. The summed E-state index contributed by atoms with van der Waals surface area (Å²) >= 11 is 0. The Labute approximate surface area is 190 Å². The van der Waals surface area contributed by atoms with Crippen molar-refractivity contribution in [1.29, 1.82) is 0 Å². The fourth-order valence-electron chi connectivity index (χ4n) is 4.89. The number of benzene rings is 1. The predicted octanol–water partition coefficient (Wildman–Crippen LogP) is 2.10. The van der Waals surface area contributed by atoms with Crippen LogP contribution in [-0.2, 0) is 19.6 Å². The SMILES string of the molecule is CN(C1CCCCC1)S(=O)(=O)c1cccc(C(=O)N2CCN(C(=O)[C@@H]3CCCO3)CC2)c1. The molecule has 8 nitrogen and oxygen atoms in total. The van der Waals surface area contributed by atoms with E-state index >= 15 is 0 Å². The van der Waals surface area contributed by atoms with Crippen molar-refractivity contribution in [3.63, 3.8) is 0 Å². The number of ether oxygens (including phenoxy) is 1. The predicted molar refractivity (Wildman–Crippen MR) is 120 cm³/mol. The average molecular weight is 464 g/mol. The van der Waals surface area contributed by atoms with E-state index in [-0.39, 0.29) is 28.9 Å². The van der Waals surface area contributed by atoms with Gasteiger partial charge in [-0.15, -0.1) is 0 Å². The molecule has 4 rings (SSSR count). The Kier molecular flexibility index (Phi) is 7.17. The summed E-state index contributed by atoms with van der Waals surface area (Å²) in [6.07, 6.45) is 6.32. The second-order valence-corrected chi connectivity index (χ2v) is 11.0. The molecule has 0 N–H and O–H groups in total. The zero-order valence-corrected chi connectivity index (χ0v) is 19.6. The van der Waals surface area contributed by atoms with Crippen LogP contribution in [-0.4, -0.2) is 86.3 Å². The van der Waals surface area contributed by atoms with Crippen LogP contribution < -0.4 is 0 Å². The number of piperazine rings is 1. The minimum atomic E-state index is -3.66. The Morgan fingerprint density at radius 3 is 2.31 bits per heavy atom. The third-order valence-electron chi connectivity index (χ3n) is 6.93. The van der Waals surface area contributed by atoms with Crippen molar-refractivity contribution in [2.24, 2.45) is 0 Å². The van der Waals surface area contributed by atoms with E-state index in [1.54, 1.807) is 35.0 Å². The van der Waals surface area contributed by atoms with Crippen LogP contribution in [0.15, 0.2) is 29.2 Å². The van der Waals surface area contributed by atoms with Gasteiger partial charge in [0.1, 0.15) is 6.10 Å². The van der Waals surface area contributed by atoms with E-state index in [1.165, 1.54) is 10.4 Å². The molecule has 1 aromatic rings. The fraction of sp³-hybridized carbons (Fsp3) is 0.652. The molecule has 2 amide bonds. The highest BCUT2D eigenvalue weighted by Gasteiger charge is 2.33. The van der Waals surface area contributed by atoms with Crippen LogP contribution in [0.5, 0.6) is 0 Å². The molecule has 32 heavy (non-hydrogen) atoms. The van der Waals surface area contributed by atoms with Crippen LogP contribution >= 0.6 is 0 Å². The Morgan fingerprint density at radius 2 is 1.66 bits per heavy atom. The standard InChI is InChI=1S/C23H33N3O5S/c1-24(19-8-3-2-4-9-19)32(29,30)20-10-5-7-18(17-20)22(27)25-12-14-26(15-13-25)23(28)21-11-6-16-31-21/h5,7,10,17,19,21H,2-4,6,8-9,11-16H2,1H3/t21-/m0/s1. The maximum Gasteiger partial charge on any atom is 0.254 e. The highest BCUT2D eigenvalue weighted by atomic mass is 32.2. The fourth-order valence-corrected chi connectivity index (χ4v) is 6.35. The quantitative estimate of drug-likeness (QED) is 0.667. The van der Waals surface area contributed by atoms with Gasteiger partial charge in [-0.25, -0.2) is 8.42 Å². The molecular weight excluding hydrogens is 430 g/mol. The number of sulfonamides is 1. The zero-order chi connectivity index (χ0) is 22.7. The van der Waals surface area contributed by atoms with E-state index in [0.29, 0.717) is 38.3 Å². The lowest BCUT2D eigenvalue weighted by atomic mass is 9.96. The Bertz CT molecular complexity index is 931. The number of hydrogen-bond acceptors (Lipinski definition) is 5. The van der Waals surface area contributed by atoms with Crippen molar-refractivity contribution in [3.05, 3.63) is 29.8 Å². The summed E-state index contributed by atoms with van der Waals surface area (Å²) in [6, 6.07) is 6.35. The summed E-state index contributed by atoms with van der Waals surface area (Å²) in [5.41, 5.74) is 0.363. The van der Waals surface area contributed by atoms with Crippen molar-refractivity contribution >= 4 is 21.8 Å². The molecule has 0 unspecified atom stereocenters. The summed E-state index contributed by atoms with van der Waals surface area (Å²) < 4.78 is 33.3. The second kappa shape index (κ2) is 9.89. The molecule has 3 fully saturated rings. The maximum atomic E-state index is 13.2. The highest BCUT2D eigenvalue weighted by Crippen LogP contribution is 2.27. The van der Waals surface area contributed by atoms with Crippen LogP contribution in [0.3, 0.4) is 0 Å². The molecule has 2 aliphatic heterocycles. The van der Waals surface area contributed by atoms with Gasteiger partial charge >= 0.3 is 0 Å². The molecule has 9 heteroatoms. The van der Waals surface area contributed by atoms with Gasteiger partial charge in [-0.05, 0) is 43.9 Å². The van der Waals surface area contributed by atoms with Gasteiger partial charge in [0.15, 0.2) is 0 Å². The molecule has 2 heterocycles. The Morgan fingerprint density at radius 1 is 0.969 bits per heavy atom. The maximum absolute atomic E-state index is 13.2. The Balaban J connectivity index is 1.40. The van der Waals surface area contributed by atoms with Gasteiger partial charge in [0.05, 0.1) is 4.90 Å². The van der Waals surface area contributed by atoms with E-state index in [1.807, 2.05) is 0 Å². The van der Waals surface area contributed by atoms with Crippen LogP contribution in [0, 0.1) is 0 Å². The molecule has 3 aliphatic rings. The lowest BCUT2D eigenvalue weighted by Gasteiger charge is -2.35. The minimum absolute atomic E-state index is 0.00781. The largest absolute Gasteiger partial charge is 0.368 e. The van der Waals surface area contributed by atoms with Crippen molar-refractivity contribution in [1.82, 2.24) is 14.1 Å². The second-order valence-electron chi connectivity index (χ2n) is 8.96.